The van der Waals surface area contributed by atoms with Gasteiger partial charge in [0, 0.05) is 36.5 Å². The van der Waals surface area contributed by atoms with Crippen LogP contribution in [0.3, 0.4) is 0 Å². The van der Waals surface area contributed by atoms with E-state index in [1.165, 1.54) is 30.8 Å². The maximum atomic E-state index is 12.9. The first-order valence-electron chi connectivity index (χ1n) is 9.50. The van der Waals surface area contributed by atoms with Crippen molar-refractivity contribution in [3.63, 3.8) is 0 Å². The number of piperidine rings is 1. The number of hydrogen-bond acceptors (Lipinski definition) is 3. The van der Waals surface area contributed by atoms with Gasteiger partial charge in [-0.25, -0.2) is 4.98 Å². The summed E-state index contributed by atoms with van der Waals surface area (Å²) in [6, 6.07) is 9.34. The van der Waals surface area contributed by atoms with Gasteiger partial charge >= 0.3 is 0 Å². The second-order valence-electron chi connectivity index (χ2n) is 7.49. The van der Waals surface area contributed by atoms with Crippen molar-refractivity contribution in [1.29, 1.82) is 5.26 Å². The summed E-state index contributed by atoms with van der Waals surface area (Å²) in [5.74, 6) is 1.86. The molecule has 134 valence electrons. The Kier molecular flexibility index (Phi) is 4.50. The largest absolute Gasteiger partial charge is 0.337 e. The predicted molar refractivity (Wildman–Crippen MR) is 98.9 cm³/mol. The zero-order valence-electron chi connectivity index (χ0n) is 15.2. The van der Waals surface area contributed by atoms with Crippen molar-refractivity contribution in [2.24, 2.45) is 0 Å². The number of carbonyl (C=O) groups is 1. The Balaban J connectivity index is 1.53. The standard InChI is InChI=1S/C21H24N4O/c1-15-13-23-20(17-4-2-5-17)25(15)19-6-3-11-24(14-19)21(26)18-9-7-16(12-22)8-10-18/h7-10,13,17,19H,2-6,11,14H2,1H3. The summed E-state index contributed by atoms with van der Waals surface area (Å²) in [5.41, 5.74) is 2.44. The van der Waals surface area contributed by atoms with Crippen molar-refractivity contribution in [2.75, 3.05) is 13.1 Å². The highest BCUT2D eigenvalue weighted by atomic mass is 16.2. The van der Waals surface area contributed by atoms with Gasteiger partial charge in [0.15, 0.2) is 0 Å². The number of amides is 1. The highest BCUT2D eigenvalue weighted by Crippen LogP contribution is 2.38. The van der Waals surface area contributed by atoms with Gasteiger partial charge in [0.25, 0.3) is 5.91 Å². The van der Waals surface area contributed by atoms with E-state index < -0.39 is 0 Å². The van der Waals surface area contributed by atoms with E-state index in [-0.39, 0.29) is 5.91 Å². The molecule has 1 saturated carbocycles. The molecule has 1 unspecified atom stereocenters. The highest BCUT2D eigenvalue weighted by Gasteiger charge is 2.31. The Labute approximate surface area is 154 Å². The molecule has 1 saturated heterocycles. The van der Waals surface area contributed by atoms with Gasteiger partial charge in [-0.05, 0) is 56.9 Å². The Hall–Kier alpha value is -2.61. The number of rotatable bonds is 3. The fraction of sp³-hybridized carbons (Fsp3) is 0.476. The van der Waals surface area contributed by atoms with Crippen LogP contribution in [0.4, 0.5) is 0 Å². The van der Waals surface area contributed by atoms with Crippen LogP contribution >= 0.6 is 0 Å². The van der Waals surface area contributed by atoms with Gasteiger partial charge in [0.05, 0.1) is 17.7 Å². The minimum Gasteiger partial charge on any atom is -0.337 e. The van der Waals surface area contributed by atoms with Gasteiger partial charge < -0.3 is 9.47 Å². The van der Waals surface area contributed by atoms with Crippen LogP contribution in [0.15, 0.2) is 30.5 Å². The molecule has 1 amide bonds. The lowest BCUT2D eigenvalue weighted by atomic mass is 9.84. The molecule has 1 atom stereocenters. The third-order valence-corrected chi connectivity index (χ3v) is 5.79. The summed E-state index contributed by atoms with van der Waals surface area (Å²) in [7, 11) is 0. The molecule has 0 N–H and O–H groups in total. The minimum absolute atomic E-state index is 0.0575. The fourth-order valence-electron chi connectivity index (χ4n) is 4.13. The minimum atomic E-state index is 0.0575. The quantitative estimate of drug-likeness (QED) is 0.847. The van der Waals surface area contributed by atoms with Gasteiger partial charge in [-0.2, -0.15) is 5.26 Å². The summed E-state index contributed by atoms with van der Waals surface area (Å²) in [5, 5.41) is 8.92. The number of nitrogens with zero attached hydrogens (tertiary/aromatic N) is 4. The van der Waals surface area contributed by atoms with Gasteiger partial charge in [-0.1, -0.05) is 6.42 Å². The van der Waals surface area contributed by atoms with Gasteiger partial charge in [0.2, 0.25) is 0 Å². The molecule has 2 aliphatic rings. The van der Waals surface area contributed by atoms with Crippen molar-refractivity contribution in [1.82, 2.24) is 14.5 Å². The Morgan fingerprint density at radius 2 is 1.96 bits per heavy atom. The predicted octanol–water partition coefficient (Wildman–Crippen LogP) is 3.81. The zero-order chi connectivity index (χ0) is 18.1. The van der Waals surface area contributed by atoms with E-state index in [9.17, 15) is 4.79 Å². The molecule has 4 rings (SSSR count). The van der Waals surface area contributed by atoms with Gasteiger partial charge in [-0.15, -0.1) is 0 Å². The van der Waals surface area contributed by atoms with Crippen LogP contribution in [0, 0.1) is 18.3 Å². The van der Waals surface area contributed by atoms with Crippen molar-refractivity contribution < 1.29 is 4.79 Å². The summed E-state index contributed by atoms with van der Waals surface area (Å²) < 4.78 is 2.39. The topological polar surface area (TPSA) is 61.9 Å². The van der Waals surface area contributed by atoms with Crippen LogP contribution in [-0.2, 0) is 0 Å². The second kappa shape index (κ2) is 6.95. The number of benzene rings is 1. The van der Waals surface area contributed by atoms with E-state index in [2.05, 4.69) is 22.5 Å². The third-order valence-electron chi connectivity index (χ3n) is 5.79. The first kappa shape index (κ1) is 16.8. The fourth-order valence-corrected chi connectivity index (χ4v) is 4.13. The molecule has 0 spiro atoms. The van der Waals surface area contributed by atoms with Crippen molar-refractivity contribution in [2.45, 2.75) is 51.0 Å². The van der Waals surface area contributed by atoms with E-state index in [1.807, 2.05) is 11.1 Å². The van der Waals surface area contributed by atoms with Crippen molar-refractivity contribution in [3.8, 4) is 6.07 Å². The van der Waals surface area contributed by atoms with Crippen LogP contribution in [0.5, 0.6) is 0 Å². The van der Waals surface area contributed by atoms with Crippen LogP contribution < -0.4 is 0 Å². The highest BCUT2D eigenvalue weighted by molar-refractivity contribution is 5.94. The first-order chi connectivity index (χ1) is 12.7. The molecule has 0 bridgehead atoms. The zero-order valence-corrected chi connectivity index (χ0v) is 15.2. The van der Waals surface area contributed by atoms with Gasteiger partial charge in [0.1, 0.15) is 5.82 Å². The summed E-state index contributed by atoms with van der Waals surface area (Å²) >= 11 is 0. The van der Waals surface area contributed by atoms with Crippen LogP contribution in [0.25, 0.3) is 0 Å². The molecule has 1 aromatic heterocycles. The number of nitriles is 1. The van der Waals surface area contributed by atoms with E-state index in [0.29, 0.717) is 23.1 Å². The lowest BCUT2D eigenvalue weighted by molar-refractivity contribution is 0.0675. The molecule has 2 heterocycles. The molecule has 1 aliphatic carbocycles. The summed E-state index contributed by atoms with van der Waals surface area (Å²) in [6.07, 6.45) is 7.84. The number of aryl methyl sites for hydroxylation is 1. The SMILES string of the molecule is Cc1cnc(C2CCC2)n1C1CCCN(C(=O)c2ccc(C#N)cc2)C1. The Morgan fingerprint density at radius 3 is 2.62 bits per heavy atom. The molecule has 26 heavy (non-hydrogen) atoms. The number of likely N-dealkylation sites (tertiary alicyclic amines) is 1. The van der Waals surface area contributed by atoms with Crippen LogP contribution in [0.2, 0.25) is 0 Å². The molecule has 5 nitrogen and oxygen atoms in total. The smallest absolute Gasteiger partial charge is 0.253 e. The van der Waals surface area contributed by atoms with Crippen molar-refractivity contribution >= 4 is 5.91 Å². The summed E-state index contributed by atoms with van der Waals surface area (Å²) in [4.78, 5) is 19.6. The molecule has 2 fully saturated rings. The Bertz CT molecular complexity index is 842. The van der Waals surface area contributed by atoms with Crippen LogP contribution in [0.1, 0.15) is 71.5 Å². The second-order valence-corrected chi connectivity index (χ2v) is 7.49. The monoisotopic (exact) mass is 348 g/mol. The molecule has 1 aliphatic heterocycles. The van der Waals surface area contributed by atoms with E-state index in [1.54, 1.807) is 24.3 Å². The molecule has 1 aromatic carbocycles. The molecule has 2 aromatic rings. The van der Waals surface area contributed by atoms with Gasteiger partial charge in [-0.3, -0.25) is 4.79 Å². The molecule has 0 radical (unpaired) electrons. The first-order valence-corrected chi connectivity index (χ1v) is 9.50. The number of hydrogen-bond donors (Lipinski definition) is 0. The number of aromatic nitrogens is 2. The van der Waals surface area contributed by atoms with E-state index >= 15 is 0 Å². The lowest BCUT2D eigenvalue weighted by Crippen LogP contribution is -2.41. The lowest BCUT2D eigenvalue weighted by Gasteiger charge is -2.36. The average molecular weight is 348 g/mol. The van der Waals surface area contributed by atoms with Crippen molar-refractivity contribution in [3.05, 3.63) is 53.1 Å². The normalized spacial score (nSPS) is 20.5. The molecular weight excluding hydrogens is 324 g/mol. The Morgan fingerprint density at radius 1 is 1.19 bits per heavy atom. The van der Waals surface area contributed by atoms with E-state index in [0.717, 1.165) is 25.9 Å². The maximum Gasteiger partial charge on any atom is 0.253 e. The molecular formula is C21H24N4O. The molecule has 5 heteroatoms. The number of imidazole rings is 1. The number of carbonyl (C=O) groups excluding carboxylic acids is 1. The maximum absolute atomic E-state index is 12.9. The van der Waals surface area contributed by atoms with Crippen LogP contribution in [-0.4, -0.2) is 33.4 Å². The van der Waals surface area contributed by atoms with E-state index in [4.69, 9.17) is 5.26 Å². The third kappa shape index (κ3) is 3.01. The summed E-state index contributed by atoms with van der Waals surface area (Å²) in [6.45, 7) is 3.65. The average Bonchev–Trinajstić information content (AvgIpc) is 3.01.